The van der Waals surface area contributed by atoms with Crippen LogP contribution in [0.1, 0.15) is 37.6 Å². The van der Waals surface area contributed by atoms with Gasteiger partial charge in [-0.05, 0) is 49.8 Å². The fourth-order valence-electron chi connectivity index (χ4n) is 2.37. The molecule has 2 atom stereocenters. The minimum absolute atomic E-state index is 0.408. The molecule has 2 unspecified atom stereocenters. The lowest BCUT2D eigenvalue weighted by molar-refractivity contribution is 0.467. The molecule has 0 fully saturated rings. The van der Waals surface area contributed by atoms with Crippen molar-refractivity contribution in [3.63, 3.8) is 0 Å². The molecule has 2 rings (SSSR count). The number of halogens is 2. The Bertz CT molecular complexity index is 567. The fraction of sp³-hybridized carbons (Fsp3) is 0.471. The summed E-state index contributed by atoms with van der Waals surface area (Å²) in [6.45, 7) is 4.37. The number of alkyl halides is 1. The Kier molecular flexibility index (Phi) is 6.31. The average molecular weight is 370 g/mol. The van der Waals surface area contributed by atoms with Crippen LogP contribution in [0.4, 0.5) is 0 Å². The van der Waals surface area contributed by atoms with Gasteiger partial charge < -0.3 is 0 Å². The van der Waals surface area contributed by atoms with Gasteiger partial charge in [0.1, 0.15) is 0 Å². The average Bonchev–Trinajstić information content (AvgIpc) is 2.96. The van der Waals surface area contributed by atoms with Gasteiger partial charge in [0.2, 0.25) is 0 Å². The molecule has 0 spiro atoms. The van der Waals surface area contributed by atoms with Gasteiger partial charge in [0.15, 0.2) is 0 Å². The van der Waals surface area contributed by atoms with Gasteiger partial charge in [0, 0.05) is 22.6 Å². The minimum Gasteiger partial charge on any atom is -0.270 e. The van der Waals surface area contributed by atoms with Gasteiger partial charge >= 0.3 is 0 Å². The Morgan fingerprint density at radius 1 is 1.24 bits per heavy atom. The zero-order valence-electron chi connectivity index (χ0n) is 12.6. The lowest BCUT2D eigenvalue weighted by Gasteiger charge is -2.14. The maximum atomic E-state index is 6.17. The molecule has 0 aliphatic rings. The maximum absolute atomic E-state index is 6.17. The van der Waals surface area contributed by atoms with E-state index in [2.05, 4.69) is 70.0 Å². The van der Waals surface area contributed by atoms with E-state index in [4.69, 9.17) is 11.6 Å². The summed E-state index contributed by atoms with van der Waals surface area (Å²) in [5, 5.41) is 4.68. The van der Waals surface area contributed by atoms with Gasteiger partial charge in [-0.3, -0.25) is 4.68 Å². The molecule has 1 aromatic carbocycles. The molecule has 21 heavy (non-hydrogen) atoms. The first-order valence-electron chi connectivity index (χ1n) is 7.47. The standard InChI is InChI=1S/C17H22BrClN2/c1-3-13(2)21-9-8-16(20-21)11-14(12-19)10-15-6-4-5-7-17(15)18/h4-9,13-14H,3,10-12H2,1-2H3. The molecule has 114 valence electrons. The molecule has 4 heteroatoms. The minimum atomic E-state index is 0.408. The summed E-state index contributed by atoms with van der Waals surface area (Å²) in [5.74, 6) is 1.06. The van der Waals surface area contributed by atoms with Gasteiger partial charge in [-0.1, -0.05) is 41.1 Å². The van der Waals surface area contributed by atoms with E-state index in [1.165, 1.54) is 5.56 Å². The molecular formula is C17H22BrClN2. The second-order valence-electron chi connectivity index (χ2n) is 5.56. The molecular weight excluding hydrogens is 348 g/mol. The van der Waals surface area contributed by atoms with Crippen LogP contribution in [0.5, 0.6) is 0 Å². The smallest absolute Gasteiger partial charge is 0.0628 e. The number of nitrogens with zero attached hydrogens (tertiary/aromatic N) is 2. The summed E-state index contributed by atoms with van der Waals surface area (Å²) >= 11 is 9.78. The van der Waals surface area contributed by atoms with E-state index in [1.54, 1.807) is 0 Å². The number of benzene rings is 1. The predicted molar refractivity (Wildman–Crippen MR) is 93.0 cm³/mol. The number of aromatic nitrogens is 2. The first-order chi connectivity index (χ1) is 10.1. The van der Waals surface area contributed by atoms with E-state index in [0.717, 1.165) is 29.4 Å². The molecule has 0 aliphatic carbocycles. The number of hydrogen-bond donors (Lipinski definition) is 0. The van der Waals surface area contributed by atoms with Gasteiger partial charge in [-0.25, -0.2) is 0 Å². The lowest BCUT2D eigenvalue weighted by atomic mass is 9.96. The van der Waals surface area contributed by atoms with Crippen molar-refractivity contribution in [2.45, 2.75) is 39.2 Å². The van der Waals surface area contributed by atoms with Crippen LogP contribution >= 0.6 is 27.5 Å². The fourth-order valence-corrected chi connectivity index (χ4v) is 3.04. The van der Waals surface area contributed by atoms with E-state index < -0.39 is 0 Å². The normalized spacial score (nSPS) is 14.1. The van der Waals surface area contributed by atoms with Crippen LogP contribution in [0.3, 0.4) is 0 Å². The Morgan fingerprint density at radius 2 is 2.00 bits per heavy atom. The van der Waals surface area contributed by atoms with Crippen molar-refractivity contribution in [3.8, 4) is 0 Å². The Morgan fingerprint density at radius 3 is 2.67 bits per heavy atom. The molecule has 0 amide bonds. The second kappa shape index (κ2) is 8.00. The molecule has 0 N–H and O–H groups in total. The third kappa shape index (κ3) is 4.58. The SMILES string of the molecule is CCC(C)n1ccc(CC(CCl)Cc2ccccc2Br)n1. The van der Waals surface area contributed by atoms with Crippen LogP contribution < -0.4 is 0 Å². The van der Waals surface area contributed by atoms with Crippen LogP contribution in [0.25, 0.3) is 0 Å². The van der Waals surface area contributed by atoms with Crippen molar-refractivity contribution in [2.24, 2.45) is 5.92 Å². The second-order valence-corrected chi connectivity index (χ2v) is 6.73. The third-order valence-corrected chi connectivity index (χ3v) is 5.10. The molecule has 0 saturated heterocycles. The summed E-state index contributed by atoms with van der Waals surface area (Å²) in [4.78, 5) is 0. The highest BCUT2D eigenvalue weighted by Gasteiger charge is 2.14. The largest absolute Gasteiger partial charge is 0.270 e. The van der Waals surface area contributed by atoms with Gasteiger partial charge in [-0.15, -0.1) is 11.6 Å². The highest BCUT2D eigenvalue weighted by atomic mass is 79.9. The van der Waals surface area contributed by atoms with Crippen molar-refractivity contribution < 1.29 is 0 Å². The summed E-state index contributed by atoms with van der Waals surface area (Å²) in [6, 6.07) is 10.9. The zero-order valence-corrected chi connectivity index (χ0v) is 14.9. The highest BCUT2D eigenvalue weighted by molar-refractivity contribution is 9.10. The molecule has 0 aliphatic heterocycles. The summed E-state index contributed by atoms with van der Waals surface area (Å²) in [7, 11) is 0. The van der Waals surface area contributed by atoms with Crippen molar-refractivity contribution in [2.75, 3.05) is 5.88 Å². The summed E-state index contributed by atoms with van der Waals surface area (Å²) < 4.78 is 3.21. The van der Waals surface area contributed by atoms with E-state index in [1.807, 2.05) is 6.07 Å². The Hall–Kier alpha value is -0.800. The monoisotopic (exact) mass is 368 g/mol. The summed E-state index contributed by atoms with van der Waals surface area (Å²) in [5.41, 5.74) is 2.44. The predicted octanol–water partition coefficient (Wildman–Crippen LogP) is 5.26. The topological polar surface area (TPSA) is 17.8 Å². The third-order valence-electron chi connectivity index (χ3n) is 3.89. The molecule has 0 bridgehead atoms. The highest BCUT2D eigenvalue weighted by Crippen LogP contribution is 2.22. The van der Waals surface area contributed by atoms with Gasteiger partial charge in [0.25, 0.3) is 0 Å². The molecule has 0 saturated carbocycles. The van der Waals surface area contributed by atoms with Crippen LogP contribution in [-0.2, 0) is 12.8 Å². The first-order valence-corrected chi connectivity index (χ1v) is 8.80. The Labute approximate surface area is 140 Å². The van der Waals surface area contributed by atoms with Gasteiger partial charge in [0.05, 0.1) is 5.69 Å². The van der Waals surface area contributed by atoms with Gasteiger partial charge in [-0.2, -0.15) is 5.10 Å². The van der Waals surface area contributed by atoms with E-state index >= 15 is 0 Å². The summed E-state index contributed by atoms with van der Waals surface area (Å²) in [6.07, 6.45) is 5.07. The Balaban J connectivity index is 2.02. The molecule has 2 nitrogen and oxygen atoms in total. The van der Waals surface area contributed by atoms with Crippen molar-refractivity contribution in [1.29, 1.82) is 0 Å². The van der Waals surface area contributed by atoms with Crippen LogP contribution in [0.15, 0.2) is 41.0 Å². The van der Waals surface area contributed by atoms with Crippen molar-refractivity contribution in [1.82, 2.24) is 9.78 Å². The zero-order chi connectivity index (χ0) is 15.2. The quantitative estimate of drug-likeness (QED) is 0.609. The maximum Gasteiger partial charge on any atom is 0.0628 e. The van der Waals surface area contributed by atoms with Crippen LogP contribution in [-0.4, -0.2) is 15.7 Å². The molecule has 2 aromatic rings. The van der Waals surface area contributed by atoms with Crippen LogP contribution in [0.2, 0.25) is 0 Å². The van der Waals surface area contributed by atoms with Crippen LogP contribution in [0, 0.1) is 5.92 Å². The first kappa shape index (κ1) is 16.6. The molecule has 1 heterocycles. The van der Waals surface area contributed by atoms with Crippen molar-refractivity contribution >= 4 is 27.5 Å². The van der Waals surface area contributed by atoms with Crippen molar-refractivity contribution in [3.05, 3.63) is 52.3 Å². The molecule has 1 aromatic heterocycles. The lowest BCUT2D eigenvalue weighted by Crippen LogP contribution is -2.12. The number of rotatable bonds is 7. The van der Waals surface area contributed by atoms with E-state index in [0.29, 0.717) is 17.8 Å². The van der Waals surface area contributed by atoms with E-state index in [-0.39, 0.29) is 0 Å². The van der Waals surface area contributed by atoms with E-state index in [9.17, 15) is 0 Å². The molecule has 0 radical (unpaired) electrons. The number of hydrogen-bond acceptors (Lipinski definition) is 1.